The number of hydrogen-bond donors (Lipinski definition) is 2. The minimum atomic E-state index is -3.97. The van der Waals surface area contributed by atoms with Gasteiger partial charge in [-0.15, -0.1) is 0 Å². The van der Waals surface area contributed by atoms with E-state index in [-0.39, 0.29) is 24.6 Å². The number of aliphatic hydroxyl groups excluding tert-OH is 1. The highest BCUT2D eigenvalue weighted by atomic mass is 32.2. The van der Waals surface area contributed by atoms with Gasteiger partial charge in [0.05, 0.1) is 23.2 Å². The first-order valence-electron chi connectivity index (χ1n) is 11.4. The normalized spacial score (nSPS) is 12.1. The Labute approximate surface area is 207 Å². The minimum absolute atomic E-state index is 0.137. The molecule has 3 aromatic carbocycles. The summed E-state index contributed by atoms with van der Waals surface area (Å²) in [5, 5.41) is 13.9. The second-order valence-electron chi connectivity index (χ2n) is 7.94. The van der Waals surface area contributed by atoms with Crippen LogP contribution in [0.1, 0.15) is 5.56 Å². The Balaban J connectivity index is 1.73. The molecule has 0 aliphatic rings. The van der Waals surface area contributed by atoms with Crippen molar-refractivity contribution in [2.75, 3.05) is 37.2 Å². The van der Waals surface area contributed by atoms with Crippen LogP contribution >= 0.6 is 0 Å². The first-order chi connectivity index (χ1) is 16.9. The Hall–Kier alpha value is -3.33. The molecule has 0 amide bonds. The molecule has 7 nitrogen and oxygen atoms in total. The van der Waals surface area contributed by atoms with Crippen molar-refractivity contribution in [2.45, 2.75) is 17.9 Å². The SMILES string of the molecule is C=CCOc1ccccc1N(CC(O)CNCCOc1ccccc1)S(=O)(=O)c1ccc(C)cc1. The van der Waals surface area contributed by atoms with Crippen molar-refractivity contribution >= 4 is 15.7 Å². The Bertz CT molecular complexity index is 1170. The van der Waals surface area contributed by atoms with Crippen LogP contribution in [0.3, 0.4) is 0 Å². The molecule has 0 spiro atoms. The van der Waals surface area contributed by atoms with Gasteiger partial charge < -0.3 is 19.9 Å². The number of aliphatic hydroxyl groups is 1. The minimum Gasteiger partial charge on any atom is -0.492 e. The van der Waals surface area contributed by atoms with E-state index < -0.39 is 16.1 Å². The number of aryl methyl sites for hydroxylation is 1. The number of hydrogen-bond acceptors (Lipinski definition) is 6. The molecule has 186 valence electrons. The van der Waals surface area contributed by atoms with Crippen LogP contribution in [0.2, 0.25) is 0 Å². The second-order valence-corrected chi connectivity index (χ2v) is 9.80. The Morgan fingerprint density at radius 1 is 1.00 bits per heavy atom. The third-order valence-electron chi connectivity index (χ3n) is 5.15. The molecule has 0 saturated heterocycles. The van der Waals surface area contributed by atoms with E-state index in [0.717, 1.165) is 11.3 Å². The summed E-state index contributed by atoms with van der Waals surface area (Å²) in [5.74, 6) is 1.15. The highest BCUT2D eigenvalue weighted by Gasteiger charge is 2.29. The van der Waals surface area contributed by atoms with Gasteiger partial charge in [-0.25, -0.2) is 8.42 Å². The highest BCUT2D eigenvalue weighted by molar-refractivity contribution is 7.92. The lowest BCUT2D eigenvalue weighted by atomic mass is 10.2. The molecule has 0 aromatic heterocycles. The van der Waals surface area contributed by atoms with Crippen LogP contribution < -0.4 is 19.1 Å². The van der Waals surface area contributed by atoms with E-state index in [2.05, 4.69) is 11.9 Å². The maximum atomic E-state index is 13.6. The van der Waals surface area contributed by atoms with Crippen molar-refractivity contribution in [3.63, 3.8) is 0 Å². The average molecular weight is 497 g/mol. The fourth-order valence-corrected chi connectivity index (χ4v) is 4.89. The van der Waals surface area contributed by atoms with Crippen LogP contribution in [0.5, 0.6) is 11.5 Å². The first kappa shape index (κ1) is 26.3. The topological polar surface area (TPSA) is 88.1 Å². The van der Waals surface area contributed by atoms with E-state index in [1.54, 1.807) is 54.6 Å². The lowest BCUT2D eigenvalue weighted by Crippen LogP contribution is -2.42. The van der Waals surface area contributed by atoms with Gasteiger partial charge >= 0.3 is 0 Å². The summed E-state index contributed by atoms with van der Waals surface area (Å²) >= 11 is 0. The summed E-state index contributed by atoms with van der Waals surface area (Å²) in [6.45, 7) is 6.72. The van der Waals surface area contributed by atoms with E-state index in [0.29, 0.717) is 24.6 Å². The molecule has 1 unspecified atom stereocenters. The molecular weight excluding hydrogens is 464 g/mol. The number of rotatable bonds is 14. The molecular formula is C27H32N2O5S. The van der Waals surface area contributed by atoms with E-state index in [1.165, 1.54) is 4.31 Å². The van der Waals surface area contributed by atoms with E-state index in [1.807, 2.05) is 37.3 Å². The predicted octanol–water partition coefficient (Wildman–Crippen LogP) is 3.78. The Morgan fingerprint density at radius 2 is 1.69 bits per heavy atom. The molecule has 0 fully saturated rings. The number of ether oxygens (including phenoxy) is 2. The number of anilines is 1. The number of sulfonamides is 1. The van der Waals surface area contributed by atoms with E-state index in [9.17, 15) is 13.5 Å². The smallest absolute Gasteiger partial charge is 0.264 e. The van der Waals surface area contributed by atoms with E-state index in [4.69, 9.17) is 9.47 Å². The average Bonchev–Trinajstić information content (AvgIpc) is 2.87. The van der Waals surface area contributed by atoms with Crippen LogP contribution in [-0.4, -0.2) is 52.5 Å². The lowest BCUT2D eigenvalue weighted by Gasteiger charge is -2.28. The molecule has 1 atom stereocenters. The van der Waals surface area contributed by atoms with Gasteiger partial charge in [0.25, 0.3) is 10.0 Å². The van der Waals surface area contributed by atoms with Crippen molar-refractivity contribution in [2.24, 2.45) is 0 Å². The van der Waals surface area contributed by atoms with Crippen LogP contribution in [0.25, 0.3) is 0 Å². The predicted molar refractivity (Wildman–Crippen MR) is 139 cm³/mol. The van der Waals surface area contributed by atoms with E-state index >= 15 is 0 Å². The Kier molecular flexibility index (Phi) is 9.72. The summed E-state index contributed by atoms with van der Waals surface area (Å²) in [7, 11) is -3.97. The zero-order valence-electron chi connectivity index (χ0n) is 19.8. The van der Waals surface area contributed by atoms with Gasteiger partial charge in [-0.05, 0) is 43.3 Å². The molecule has 0 aliphatic heterocycles. The van der Waals surface area contributed by atoms with Crippen molar-refractivity contribution in [1.29, 1.82) is 0 Å². The molecule has 3 rings (SSSR count). The van der Waals surface area contributed by atoms with Crippen LogP contribution in [0.4, 0.5) is 5.69 Å². The summed E-state index contributed by atoms with van der Waals surface area (Å²) in [6, 6.07) is 22.9. The van der Waals surface area contributed by atoms with Gasteiger partial charge in [0.2, 0.25) is 0 Å². The second kappa shape index (κ2) is 12.9. The summed E-state index contributed by atoms with van der Waals surface area (Å²) in [4.78, 5) is 0.137. The molecule has 0 bridgehead atoms. The van der Waals surface area contributed by atoms with Crippen molar-refractivity contribution in [3.8, 4) is 11.5 Å². The fraction of sp³-hybridized carbons (Fsp3) is 0.259. The van der Waals surface area contributed by atoms with Gasteiger partial charge in [0.1, 0.15) is 24.7 Å². The highest BCUT2D eigenvalue weighted by Crippen LogP contribution is 2.32. The molecule has 0 heterocycles. The molecule has 2 N–H and O–H groups in total. The van der Waals surface area contributed by atoms with Crippen LogP contribution in [0, 0.1) is 6.92 Å². The summed E-state index contributed by atoms with van der Waals surface area (Å²) in [6.07, 6.45) is 0.616. The number of nitrogens with zero attached hydrogens (tertiary/aromatic N) is 1. The number of benzene rings is 3. The Morgan fingerprint density at radius 3 is 2.40 bits per heavy atom. The molecule has 8 heteroatoms. The zero-order valence-corrected chi connectivity index (χ0v) is 20.7. The van der Waals surface area contributed by atoms with Gasteiger partial charge in [0, 0.05) is 13.1 Å². The fourth-order valence-electron chi connectivity index (χ4n) is 3.38. The van der Waals surface area contributed by atoms with Crippen molar-refractivity contribution in [1.82, 2.24) is 5.32 Å². The zero-order chi connectivity index (χ0) is 25.1. The summed E-state index contributed by atoms with van der Waals surface area (Å²) in [5.41, 5.74) is 1.30. The third kappa shape index (κ3) is 7.58. The largest absolute Gasteiger partial charge is 0.492 e. The monoisotopic (exact) mass is 496 g/mol. The maximum absolute atomic E-state index is 13.6. The van der Waals surface area contributed by atoms with Gasteiger partial charge in [-0.1, -0.05) is 60.7 Å². The number of para-hydroxylation sites is 3. The first-order valence-corrected chi connectivity index (χ1v) is 12.8. The lowest BCUT2D eigenvalue weighted by molar-refractivity contribution is 0.177. The van der Waals surface area contributed by atoms with Crippen LogP contribution in [0.15, 0.2) is 96.4 Å². The van der Waals surface area contributed by atoms with Crippen LogP contribution in [-0.2, 0) is 10.0 Å². The number of nitrogens with one attached hydrogen (secondary N) is 1. The van der Waals surface area contributed by atoms with Crippen molar-refractivity contribution < 1.29 is 23.0 Å². The molecule has 35 heavy (non-hydrogen) atoms. The van der Waals surface area contributed by atoms with Gasteiger partial charge in [-0.3, -0.25) is 4.31 Å². The molecule has 0 saturated carbocycles. The van der Waals surface area contributed by atoms with Gasteiger partial charge in [-0.2, -0.15) is 0 Å². The molecule has 3 aromatic rings. The molecule has 0 radical (unpaired) electrons. The standard InChI is InChI=1S/C27H32N2O5S/c1-3-18-34-27-12-8-7-11-26(27)29(35(31,32)25-15-13-22(2)14-16-25)21-23(30)20-28-17-19-33-24-9-5-4-6-10-24/h3-16,23,28,30H,1,17-21H2,2H3. The maximum Gasteiger partial charge on any atom is 0.264 e. The third-order valence-corrected chi connectivity index (χ3v) is 6.94. The quantitative estimate of drug-likeness (QED) is 0.261. The summed E-state index contributed by atoms with van der Waals surface area (Å²) < 4.78 is 39.8. The molecule has 0 aliphatic carbocycles. The van der Waals surface area contributed by atoms with Crippen molar-refractivity contribution in [3.05, 3.63) is 97.1 Å². The van der Waals surface area contributed by atoms with Gasteiger partial charge in [0.15, 0.2) is 0 Å².